The Morgan fingerprint density at radius 1 is 1.22 bits per heavy atom. The maximum atomic E-state index is 5.59. The highest BCUT2D eigenvalue weighted by Crippen LogP contribution is 2.16. The summed E-state index contributed by atoms with van der Waals surface area (Å²) < 4.78 is 12.4. The van der Waals surface area contributed by atoms with Crippen LogP contribution in [0.15, 0.2) is 36.7 Å². The fourth-order valence-electron chi connectivity index (χ4n) is 1.55. The topological polar surface area (TPSA) is 48.3 Å². The molecule has 0 saturated carbocycles. The van der Waals surface area contributed by atoms with Gasteiger partial charge in [-0.05, 0) is 24.3 Å². The summed E-state index contributed by atoms with van der Waals surface area (Å²) in [5.41, 5.74) is 0.996. The van der Waals surface area contributed by atoms with Crippen molar-refractivity contribution in [1.82, 2.24) is 9.78 Å². The number of anilines is 1. The second kappa shape index (κ2) is 5.95. The van der Waals surface area contributed by atoms with Crippen molar-refractivity contribution in [3.05, 3.63) is 36.7 Å². The second-order valence-electron chi connectivity index (χ2n) is 3.85. The summed E-state index contributed by atoms with van der Waals surface area (Å²) in [6.45, 7) is 1.33. The predicted molar refractivity (Wildman–Crippen MR) is 70.2 cm³/mol. The summed E-state index contributed by atoms with van der Waals surface area (Å²) in [6.07, 6.45) is 3.71. The Balaban J connectivity index is 1.71. The molecule has 1 aromatic carbocycles. The Morgan fingerprint density at radius 3 is 2.56 bits per heavy atom. The van der Waals surface area contributed by atoms with Crippen LogP contribution >= 0.6 is 0 Å². The highest BCUT2D eigenvalue weighted by atomic mass is 16.5. The largest absolute Gasteiger partial charge is 0.497 e. The van der Waals surface area contributed by atoms with Crippen LogP contribution in [-0.2, 0) is 7.05 Å². The lowest BCUT2D eigenvalue weighted by molar-refractivity contribution is 0.332. The van der Waals surface area contributed by atoms with Crippen LogP contribution in [0.2, 0.25) is 0 Å². The quantitative estimate of drug-likeness (QED) is 0.792. The lowest BCUT2D eigenvalue weighted by Crippen LogP contribution is -2.11. The van der Waals surface area contributed by atoms with Crippen molar-refractivity contribution in [3.8, 4) is 11.5 Å². The molecule has 0 radical (unpaired) electrons. The molecule has 0 amide bonds. The molecule has 2 aromatic rings. The van der Waals surface area contributed by atoms with E-state index in [0.717, 1.165) is 23.7 Å². The van der Waals surface area contributed by atoms with E-state index in [1.807, 2.05) is 37.5 Å². The first kappa shape index (κ1) is 12.3. The van der Waals surface area contributed by atoms with Crippen molar-refractivity contribution in [1.29, 1.82) is 0 Å². The zero-order valence-corrected chi connectivity index (χ0v) is 10.6. The molecular formula is C13H17N3O2. The molecule has 0 fully saturated rings. The van der Waals surface area contributed by atoms with E-state index in [0.29, 0.717) is 6.61 Å². The first-order chi connectivity index (χ1) is 8.78. The van der Waals surface area contributed by atoms with Crippen LogP contribution in [-0.4, -0.2) is 30.0 Å². The maximum absolute atomic E-state index is 5.59. The minimum absolute atomic E-state index is 0.598. The molecule has 1 N–H and O–H groups in total. The van der Waals surface area contributed by atoms with Crippen LogP contribution in [0.1, 0.15) is 0 Å². The number of hydrogen-bond acceptors (Lipinski definition) is 4. The Labute approximate surface area is 106 Å². The van der Waals surface area contributed by atoms with Gasteiger partial charge >= 0.3 is 0 Å². The van der Waals surface area contributed by atoms with Gasteiger partial charge < -0.3 is 14.8 Å². The summed E-state index contributed by atoms with van der Waals surface area (Å²) in [7, 11) is 3.53. The average molecular weight is 247 g/mol. The van der Waals surface area contributed by atoms with Gasteiger partial charge in [-0.1, -0.05) is 0 Å². The van der Waals surface area contributed by atoms with Gasteiger partial charge in [0.15, 0.2) is 0 Å². The van der Waals surface area contributed by atoms with Crippen molar-refractivity contribution in [2.24, 2.45) is 7.05 Å². The molecule has 5 heteroatoms. The number of nitrogens with zero attached hydrogens (tertiary/aromatic N) is 2. The Bertz CT molecular complexity index is 479. The first-order valence-corrected chi connectivity index (χ1v) is 5.77. The molecule has 0 bridgehead atoms. The molecule has 18 heavy (non-hydrogen) atoms. The Hall–Kier alpha value is -2.17. The highest BCUT2D eigenvalue weighted by Gasteiger charge is 1.96. The third kappa shape index (κ3) is 3.41. The van der Waals surface area contributed by atoms with E-state index < -0.39 is 0 Å². The monoisotopic (exact) mass is 247 g/mol. The number of methoxy groups -OCH3 is 1. The smallest absolute Gasteiger partial charge is 0.119 e. The Morgan fingerprint density at radius 2 is 1.94 bits per heavy atom. The van der Waals surface area contributed by atoms with E-state index >= 15 is 0 Å². The summed E-state index contributed by atoms with van der Waals surface area (Å²) >= 11 is 0. The van der Waals surface area contributed by atoms with Crippen molar-refractivity contribution in [2.45, 2.75) is 0 Å². The third-order valence-electron chi connectivity index (χ3n) is 2.46. The number of rotatable bonds is 6. The summed E-state index contributed by atoms with van der Waals surface area (Å²) in [4.78, 5) is 0. The van der Waals surface area contributed by atoms with Gasteiger partial charge in [0.2, 0.25) is 0 Å². The van der Waals surface area contributed by atoms with Gasteiger partial charge in [-0.15, -0.1) is 0 Å². The third-order valence-corrected chi connectivity index (χ3v) is 2.46. The number of aromatic nitrogens is 2. The number of benzene rings is 1. The molecule has 96 valence electrons. The molecule has 1 heterocycles. The molecule has 0 aliphatic heterocycles. The molecule has 2 rings (SSSR count). The van der Waals surface area contributed by atoms with Crippen molar-refractivity contribution >= 4 is 5.69 Å². The average Bonchev–Trinajstić information content (AvgIpc) is 2.81. The van der Waals surface area contributed by atoms with E-state index in [-0.39, 0.29) is 0 Å². The van der Waals surface area contributed by atoms with E-state index in [1.54, 1.807) is 18.0 Å². The molecule has 0 aliphatic carbocycles. The molecule has 0 unspecified atom stereocenters. The minimum atomic E-state index is 0.598. The van der Waals surface area contributed by atoms with Crippen LogP contribution in [0, 0.1) is 0 Å². The van der Waals surface area contributed by atoms with Crippen LogP contribution in [0.5, 0.6) is 11.5 Å². The summed E-state index contributed by atoms with van der Waals surface area (Å²) in [6, 6.07) is 7.54. The maximum Gasteiger partial charge on any atom is 0.119 e. The van der Waals surface area contributed by atoms with Crippen molar-refractivity contribution < 1.29 is 9.47 Å². The van der Waals surface area contributed by atoms with Gasteiger partial charge in [0.05, 0.1) is 19.0 Å². The zero-order valence-electron chi connectivity index (χ0n) is 10.6. The molecule has 5 nitrogen and oxygen atoms in total. The van der Waals surface area contributed by atoms with Crippen LogP contribution < -0.4 is 14.8 Å². The number of hydrogen-bond donors (Lipinski definition) is 1. The van der Waals surface area contributed by atoms with Crippen LogP contribution in [0.3, 0.4) is 0 Å². The zero-order chi connectivity index (χ0) is 12.8. The standard InChI is InChI=1S/C13H17N3O2/c1-16-10-11(9-15-16)14-7-8-18-13-5-3-12(17-2)4-6-13/h3-6,9-10,14H,7-8H2,1-2H3. The van der Waals surface area contributed by atoms with Crippen molar-refractivity contribution in [3.63, 3.8) is 0 Å². The molecular weight excluding hydrogens is 230 g/mol. The number of ether oxygens (including phenoxy) is 2. The van der Waals surface area contributed by atoms with Gasteiger partial charge in [-0.3, -0.25) is 4.68 Å². The van der Waals surface area contributed by atoms with Crippen LogP contribution in [0.4, 0.5) is 5.69 Å². The predicted octanol–water partition coefficient (Wildman–Crippen LogP) is 1.92. The normalized spacial score (nSPS) is 10.1. The SMILES string of the molecule is COc1ccc(OCCNc2cnn(C)c2)cc1. The Kier molecular flexibility index (Phi) is 4.06. The lowest BCUT2D eigenvalue weighted by Gasteiger charge is -2.07. The molecule has 0 spiro atoms. The number of aryl methyl sites for hydroxylation is 1. The lowest BCUT2D eigenvalue weighted by atomic mass is 10.3. The molecule has 1 aromatic heterocycles. The highest BCUT2D eigenvalue weighted by molar-refractivity contribution is 5.37. The van der Waals surface area contributed by atoms with Gasteiger partial charge in [-0.25, -0.2) is 0 Å². The van der Waals surface area contributed by atoms with E-state index in [2.05, 4.69) is 10.4 Å². The summed E-state index contributed by atoms with van der Waals surface area (Å²) in [5.74, 6) is 1.67. The molecule has 0 saturated heterocycles. The van der Waals surface area contributed by atoms with E-state index in [1.165, 1.54) is 0 Å². The van der Waals surface area contributed by atoms with Gasteiger partial charge in [0.1, 0.15) is 18.1 Å². The first-order valence-electron chi connectivity index (χ1n) is 5.77. The molecule has 0 atom stereocenters. The second-order valence-corrected chi connectivity index (χ2v) is 3.85. The molecule has 0 aliphatic rings. The van der Waals surface area contributed by atoms with Gasteiger partial charge in [0, 0.05) is 19.8 Å². The van der Waals surface area contributed by atoms with E-state index in [9.17, 15) is 0 Å². The van der Waals surface area contributed by atoms with Gasteiger partial charge in [-0.2, -0.15) is 5.10 Å². The number of nitrogens with one attached hydrogen (secondary N) is 1. The van der Waals surface area contributed by atoms with Gasteiger partial charge in [0.25, 0.3) is 0 Å². The fraction of sp³-hybridized carbons (Fsp3) is 0.308. The van der Waals surface area contributed by atoms with Crippen LogP contribution in [0.25, 0.3) is 0 Å². The fourth-order valence-corrected chi connectivity index (χ4v) is 1.55. The minimum Gasteiger partial charge on any atom is -0.497 e. The summed E-state index contributed by atoms with van der Waals surface area (Å²) in [5, 5.41) is 7.30. The van der Waals surface area contributed by atoms with E-state index in [4.69, 9.17) is 9.47 Å². The van der Waals surface area contributed by atoms with Crippen molar-refractivity contribution in [2.75, 3.05) is 25.6 Å².